The quantitative estimate of drug-likeness (QED) is 0.911. The largest absolute Gasteiger partial charge is 0.479 e. The molecular formula is C13H12BrF2NO3. The van der Waals surface area contributed by atoms with Crippen LogP contribution in [0.3, 0.4) is 0 Å². The lowest BCUT2D eigenvalue weighted by Gasteiger charge is -2.18. The van der Waals surface area contributed by atoms with Crippen LogP contribution in [0.2, 0.25) is 0 Å². The second kappa shape index (κ2) is 5.47. The smallest absolute Gasteiger partial charge is 0.343 e. The SMILES string of the molecule is O=C(Cc1cc(F)ccc1Br)N1CCC(F)(C(=O)O)C1. The minimum absolute atomic E-state index is 0.0502. The molecule has 7 heteroatoms. The maximum atomic E-state index is 13.9. The van der Waals surface area contributed by atoms with Crippen LogP contribution in [-0.4, -0.2) is 40.6 Å². The second-order valence-electron chi connectivity index (χ2n) is 4.75. The van der Waals surface area contributed by atoms with Gasteiger partial charge in [-0.1, -0.05) is 15.9 Å². The number of carboxylic acids is 1. The van der Waals surface area contributed by atoms with Crippen molar-refractivity contribution in [3.63, 3.8) is 0 Å². The Morgan fingerprint density at radius 2 is 2.15 bits per heavy atom. The van der Waals surface area contributed by atoms with Crippen LogP contribution in [0.25, 0.3) is 0 Å². The first-order chi connectivity index (χ1) is 9.32. The molecule has 1 aliphatic rings. The highest BCUT2D eigenvalue weighted by Crippen LogP contribution is 2.27. The third-order valence-electron chi connectivity index (χ3n) is 3.30. The Hall–Kier alpha value is -1.50. The molecule has 0 aromatic heterocycles. The Kier molecular flexibility index (Phi) is 4.08. The summed E-state index contributed by atoms with van der Waals surface area (Å²) in [5.41, 5.74) is -1.93. The summed E-state index contributed by atoms with van der Waals surface area (Å²) in [4.78, 5) is 23.9. The van der Waals surface area contributed by atoms with Crippen molar-refractivity contribution < 1.29 is 23.5 Å². The number of alkyl halides is 1. The summed E-state index contributed by atoms with van der Waals surface area (Å²) in [6.45, 7) is -0.414. The number of nitrogens with zero attached hydrogens (tertiary/aromatic N) is 1. The molecule has 1 N–H and O–H groups in total. The third-order valence-corrected chi connectivity index (χ3v) is 4.08. The van der Waals surface area contributed by atoms with Crippen molar-refractivity contribution in [2.45, 2.75) is 18.5 Å². The summed E-state index contributed by atoms with van der Waals surface area (Å²) in [5.74, 6) is -2.44. The van der Waals surface area contributed by atoms with E-state index in [1.54, 1.807) is 0 Å². The molecule has 0 radical (unpaired) electrons. The maximum absolute atomic E-state index is 13.9. The van der Waals surface area contributed by atoms with Crippen molar-refractivity contribution in [2.75, 3.05) is 13.1 Å². The summed E-state index contributed by atoms with van der Waals surface area (Å²) >= 11 is 3.21. The van der Waals surface area contributed by atoms with Gasteiger partial charge < -0.3 is 10.0 Å². The molecule has 0 aliphatic carbocycles. The topological polar surface area (TPSA) is 57.6 Å². The van der Waals surface area contributed by atoms with Crippen LogP contribution >= 0.6 is 15.9 Å². The fraction of sp³-hybridized carbons (Fsp3) is 0.385. The van der Waals surface area contributed by atoms with Crippen molar-refractivity contribution in [1.29, 1.82) is 0 Å². The van der Waals surface area contributed by atoms with E-state index in [2.05, 4.69) is 15.9 Å². The Bertz CT molecular complexity index is 567. The minimum Gasteiger partial charge on any atom is -0.479 e. The minimum atomic E-state index is -2.38. The van der Waals surface area contributed by atoms with Gasteiger partial charge in [0.1, 0.15) is 5.82 Å². The van der Waals surface area contributed by atoms with Crippen molar-refractivity contribution in [1.82, 2.24) is 4.90 Å². The summed E-state index contributed by atoms with van der Waals surface area (Å²) in [5, 5.41) is 8.77. The molecule has 0 saturated carbocycles. The molecule has 1 saturated heterocycles. The molecule has 1 amide bonds. The zero-order valence-corrected chi connectivity index (χ0v) is 12.0. The van der Waals surface area contributed by atoms with Gasteiger partial charge in [-0.2, -0.15) is 0 Å². The van der Waals surface area contributed by atoms with E-state index in [1.807, 2.05) is 0 Å². The fourth-order valence-electron chi connectivity index (χ4n) is 2.11. The molecule has 1 aromatic carbocycles. The predicted molar refractivity (Wildman–Crippen MR) is 70.5 cm³/mol. The number of rotatable bonds is 3. The molecule has 2 rings (SSSR count). The van der Waals surface area contributed by atoms with E-state index in [4.69, 9.17) is 5.11 Å². The van der Waals surface area contributed by atoms with Crippen LogP contribution in [0.5, 0.6) is 0 Å². The molecule has 1 aromatic rings. The van der Waals surface area contributed by atoms with Crippen molar-refractivity contribution >= 4 is 27.8 Å². The van der Waals surface area contributed by atoms with E-state index in [-0.39, 0.29) is 19.4 Å². The van der Waals surface area contributed by atoms with Crippen molar-refractivity contribution in [3.05, 3.63) is 34.1 Å². The van der Waals surface area contributed by atoms with Gasteiger partial charge in [0, 0.05) is 17.4 Å². The van der Waals surface area contributed by atoms with Gasteiger partial charge in [0.2, 0.25) is 11.6 Å². The Morgan fingerprint density at radius 3 is 2.75 bits per heavy atom. The molecule has 108 valence electrons. The van der Waals surface area contributed by atoms with Crippen LogP contribution in [-0.2, 0) is 16.0 Å². The number of hydrogen-bond donors (Lipinski definition) is 1. The molecular weight excluding hydrogens is 336 g/mol. The van der Waals surface area contributed by atoms with Gasteiger partial charge in [0.05, 0.1) is 13.0 Å². The van der Waals surface area contributed by atoms with E-state index in [1.165, 1.54) is 18.2 Å². The number of carbonyl (C=O) groups is 2. The van der Waals surface area contributed by atoms with Crippen LogP contribution in [0.15, 0.2) is 22.7 Å². The third kappa shape index (κ3) is 2.98. The summed E-state index contributed by atoms with van der Waals surface area (Å²) in [7, 11) is 0. The van der Waals surface area contributed by atoms with Crippen LogP contribution in [0, 0.1) is 5.82 Å². The molecule has 1 heterocycles. The van der Waals surface area contributed by atoms with E-state index in [0.29, 0.717) is 10.0 Å². The standard InChI is InChI=1S/C13H12BrF2NO3/c14-10-2-1-9(15)5-8(10)6-11(18)17-4-3-13(16,7-17)12(19)20/h1-2,5H,3-4,6-7H2,(H,19,20). The summed E-state index contributed by atoms with van der Waals surface area (Å²) in [6.07, 6.45) is -0.327. The van der Waals surface area contributed by atoms with Crippen LogP contribution in [0.1, 0.15) is 12.0 Å². The van der Waals surface area contributed by atoms with Crippen molar-refractivity contribution in [3.8, 4) is 0 Å². The lowest BCUT2D eigenvalue weighted by molar-refractivity contribution is -0.150. The number of amides is 1. The average molecular weight is 348 g/mol. The number of carbonyl (C=O) groups excluding carboxylic acids is 1. The van der Waals surface area contributed by atoms with Gasteiger partial charge in [-0.3, -0.25) is 4.79 Å². The maximum Gasteiger partial charge on any atom is 0.343 e. The number of halogens is 3. The lowest BCUT2D eigenvalue weighted by Crippen LogP contribution is -2.39. The lowest BCUT2D eigenvalue weighted by atomic mass is 10.1. The average Bonchev–Trinajstić information content (AvgIpc) is 2.78. The molecule has 4 nitrogen and oxygen atoms in total. The van der Waals surface area contributed by atoms with Gasteiger partial charge in [-0.25, -0.2) is 13.6 Å². The van der Waals surface area contributed by atoms with Crippen LogP contribution < -0.4 is 0 Å². The Labute approximate surface area is 122 Å². The monoisotopic (exact) mass is 347 g/mol. The van der Waals surface area contributed by atoms with E-state index in [0.717, 1.165) is 4.90 Å². The van der Waals surface area contributed by atoms with Crippen LogP contribution in [0.4, 0.5) is 8.78 Å². The highest BCUT2D eigenvalue weighted by molar-refractivity contribution is 9.10. The molecule has 1 fully saturated rings. The van der Waals surface area contributed by atoms with Gasteiger partial charge in [0.15, 0.2) is 0 Å². The molecule has 20 heavy (non-hydrogen) atoms. The van der Waals surface area contributed by atoms with Crippen molar-refractivity contribution in [2.24, 2.45) is 0 Å². The first-order valence-electron chi connectivity index (χ1n) is 5.96. The number of aliphatic carboxylic acids is 1. The van der Waals surface area contributed by atoms with Gasteiger partial charge in [-0.15, -0.1) is 0 Å². The van der Waals surface area contributed by atoms with Gasteiger partial charge in [-0.05, 0) is 23.8 Å². The van der Waals surface area contributed by atoms with Gasteiger partial charge >= 0.3 is 5.97 Å². The molecule has 1 aliphatic heterocycles. The highest BCUT2D eigenvalue weighted by Gasteiger charge is 2.46. The first kappa shape index (κ1) is 14.9. The predicted octanol–water partition coefficient (Wildman–Crippen LogP) is 2.16. The molecule has 0 bridgehead atoms. The zero-order chi connectivity index (χ0) is 14.9. The number of hydrogen-bond acceptors (Lipinski definition) is 2. The Balaban J connectivity index is 2.07. The number of likely N-dealkylation sites (tertiary alicyclic amines) is 1. The second-order valence-corrected chi connectivity index (χ2v) is 5.60. The zero-order valence-electron chi connectivity index (χ0n) is 10.4. The fourth-order valence-corrected chi connectivity index (χ4v) is 2.50. The molecule has 1 atom stereocenters. The normalized spacial score (nSPS) is 22.1. The summed E-state index contributed by atoms with van der Waals surface area (Å²) < 4.78 is 27.6. The number of benzene rings is 1. The number of carboxylic acid groups (broad SMARTS) is 1. The van der Waals surface area contributed by atoms with E-state index in [9.17, 15) is 18.4 Å². The van der Waals surface area contributed by atoms with E-state index >= 15 is 0 Å². The molecule has 0 spiro atoms. The Morgan fingerprint density at radius 1 is 1.45 bits per heavy atom. The summed E-state index contributed by atoms with van der Waals surface area (Å²) in [6, 6.07) is 3.96. The molecule has 1 unspecified atom stereocenters. The highest BCUT2D eigenvalue weighted by atomic mass is 79.9. The first-order valence-corrected chi connectivity index (χ1v) is 6.75. The van der Waals surface area contributed by atoms with E-state index < -0.39 is 29.9 Å². The van der Waals surface area contributed by atoms with Gasteiger partial charge in [0.25, 0.3) is 0 Å².